The zero-order valence-corrected chi connectivity index (χ0v) is 15.4. The molecule has 1 aromatic carbocycles. The molecule has 1 atom stereocenters. The minimum absolute atomic E-state index is 0.294. The Bertz CT molecular complexity index is 787. The van der Waals surface area contributed by atoms with Crippen LogP contribution in [0, 0.1) is 13.8 Å². The lowest BCUT2D eigenvalue weighted by molar-refractivity contribution is 0.417. The van der Waals surface area contributed by atoms with Crippen LogP contribution in [0.25, 0.3) is 0 Å². The second-order valence-electron chi connectivity index (χ2n) is 7.03. The molecule has 24 heavy (non-hydrogen) atoms. The SMILES string of the molecule is Cc1ccc(C2=Nn3c(nnc3C3CCCCC3)S[C@@H]2C)cc1C. The van der Waals surface area contributed by atoms with Crippen molar-refractivity contribution >= 4 is 17.5 Å². The molecule has 0 radical (unpaired) electrons. The highest BCUT2D eigenvalue weighted by Gasteiger charge is 2.29. The molecule has 2 aliphatic rings. The van der Waals surface area contributed by atoms with Crippen LogP contribution < -0.4 is 0 Å². The zero-order valence-electron chi connectivity index (χ0n) is 14.6. The van der Waals surface area contributed by atoms with E-state index in [1.54, 1.807) is 11.8 Å². The largest absolute Gasteiger partial charge is 0.212 e. The molecule has 0 N–H and O–H groups in total. The molecule has 1 aliphatic heterocycles. The van der Waals surface area contributed by atoms with Crippen LogP contribution in [0.5, 0.6) is 0 Å². The first-order valence-corrected chi connectivity index (χ1v) is 9.80. The Morgan fingerprint density at radius 3 is 2.58 bits per heavy atom. The fraction of sp³-hybridized carbons (Fsp3) is 0.526. The summed E-state index contributed by atoms with van der Waals surface area (Å²) in [5, 5.41) is 15.1. The van der Waals surface area contributed by atoms with Crippen molar-refractivity contribution in [3.05, 3.63) is 40.7 Å². The molecule has 1 aliphatic carbocycles. The van der Waals surface area contributed by atoms with Crippen molar-refractivity contribution in [2.45, 2.75) is 69.2 Å². The van der Waals surface area contributed by atoms with Gasteiger partial charge in [-0.3, -0.25) is 0 Å². The summed E-state index contributed by atoms with van der Waals surface area (Å²) in [6.45, 7) is 6.52. The summed E-state index contributed by atoms with van der Waals surface area (Å²) in [5.74, 6) is 1.57. The van der Waals surface area contributed by atoms with Gasteiger partial charge in [0.25, 0.3) is 0 Å². The third kappa shape index (κ3) is 2.79. The number of fused-ring (bicyclic) bond motifs is 1. The van der Waals surface area contributed by atoms with Crippen LogP contribution in [0.4, 0.5) is 0 Å². The maximum absolute atomic E-state index is 4.99. The normalized spacial score (nSPS) is 21.5. The van der Waals surface area contributed by atoms with Gasteiger partial charge in [0.05, 0.1) is 11.0 Å². The quantitative estimate of drug-likeness (QED) is 0.796. The minimum Gasteiger partial charge on any atom is -0.191 e. The molecule has 2 heterocycles. The topological polar surface area (TPSA) is 43.1 Å². The Morgan fingerprint density at radius 2 is 1.83 bits per heavy atom. The van der Waals surface area contributed by atoms with E-state index < -0.39 is 0 Å². The lowest BCUT2D eigenvalue weighted by Crippen LogP contribution is -2.23. The first-order chi connectivity index (χ1) is 11.6. The molecule has 0 spiro atoms. The molecular formula is C19H24N4S. The molecule has 0 saturated heterocycles. The molecule has 0 unspecified atom stereocenters. The van der Waals surface area contributed by atoms with Crippen LogP contribution in [0.15, 0.2) is 28.5 Å². The maximum atomic E-state index is 4.99. The highest BCUT2D eigenvalue weighted by molar-refractivity contribution is 8.00. The second-order valence-corrected chi connectivity index (χ2v) is 8.34. The molecule has 0 amide bonds. The van der Waals surface area contributed by atoms with Crippen LogP contribution >= 0.6 is 11.8 Å². The van der Waals surface area contributed by atoms with E-state index in [0.717, 1.165) is 16.7 Å². The fourth-order valence-electron chi connectivity index (χ4n) is 3.66. The van der Waals surface area contributed by atoms with Gasteiger partial charge < -0.3 is 0 Å². The Hall–Kier alpha value is -1.62. The number of thioether (sulfide) groups is 1. The van der Waals surface area contributed by atoms with E-state index in [0.29, 0.717) is 11.2 Å². The summed E-state index contributed by atoms with van der Waals surface area (Å²) >= 11 is 1.77. The Morgan fingerprint density at radius 1 is 1.04 bits per heavy atom. The standard InChI is InChI=1S/C19H24N4S/c1-12-9-10-16(11-13(12)2)17-14(3)24-19-21-20-18(23(19)22-17)15-7-5-4-6-8-15/h9-11,14-15H,4-8H2,1-3H3/t14-/m1/s1. The average molecular weight is 340 g/mol. The predicted molar refractivity (Wildman–Crippen MR) is 99.0 cm³/mol. The monoisotopic (exact) mass is 340 g/mol. The summed E-state index contributed by atoms with van der Waals surface area (Å²) in [6, 6.07) is 6.63. The molecule has 4 rings (SSSR count). The van der Waals surface area contributed by atoms with Crippen LogP contribution in [0.3, 0.4) is 0 Å². The van der Waals surface area contributed by atoms with Gasteiger partial charge in [0.1, 0.15) is 0 Å². The van der Waals surface area contributed by atoms with Gasteiger partial charge in [0.15, 0.2) is 5.82 Å². The third-order valence-electron chi connectivity index (χ3n) is 5.28. The molecule has 5 heteroatoms. The van der Waals surface area contributed by atoms with Crippen LogP contribution in [-0.2, 0) is 0 Å². The van der Waals surface area contributed by atoms with Gasteiger partial charge in [-0.05, 0) is 56.4 Å². The Kier molecular flexibility index (Phi) is 4.21. The van der Waals surface area contributed by atoms with Gasteiger partial charge in [0.2, 0.25) is 5.16 Å². The highest BCUT2D eigenvalue weighted by Crippen LogP contribution is 2.36. The number of aromatic nitrogens is 3. The average Bonchev–Trinajstić information content (AvgIpc) is 3.00. The van der Waals surface area contributed by atoms with Crippen molar-refractivity contribution < 1.29 is 0 Å². The summed E-state index contributed by atoms with van der Waals surface area (Å²) in [7, 11) is 0. The van der Waals surface area contributed by atoms with Crippen molar-refractivity contribution in [2.75, 3.05) is 0 Å². The molecule has 4 nitrogen and oxygen atoms in total. The molecule has 2 aromatic rings. The molecule has 0 bridgehead atoms. The lowest BCUT2D eigenvalue weighted by Gasteiger charge is -2.24. The van der Waals surface area contributed by atoms with Crippen molar-refractivity contribution in [3.8, 4) is 0 Å². The van der Waals surface area contributed by atoms with E-state index in [4.69, 9.17) is 5.10 Å². The van der Waals surface area contributed by atoms with E-state index in [9.17, 15) is 0 Å². The minimum atomic E-state index is 0.294. The first kappa shape index (κ1) is 15.9. The number of hydrogen-bond donors (Lipinski definition) is 0. The van der Waals surface area contributed by atoms with Crippen LogP contribution in [0.2, 0.25) is 0 Å². The molecule has 1 saturated carbocycles. The van der Waals surface area contributed by atoms with E-state index >= 15 is 0 Å². The van der Waals surface area contributed by atoms with Gasteiger partial charge in [-0.2, -0.15) is 9.78 Å². The van der Waals surface area contributed by atoms with Gasteiger partial charge in [-0.15, -0.1) is 10.2 Å². The fourth-order valence-corrected chi connectivity index (χ4v) is 4.59. The van der Waals surface area contributed by atoms with Gasteiger partial charge >= 0.3 is 0 Å². The lowest BCUT2D eigenvalue weighted by atomic mass is 9.89. The van der Waals surface area contributed by atoms with Gasteiger partial charge in [0, 0.05) is 5.92 Å². The first-order valence-electron chi connectivity index (χ1n) is 8.92. The maximum Gasteiger partial charge on any atom is 0.212 e. The Labute approximate surface area is 147 Å². The molecule has 1 aromatic heterocycles. The second kappa shape index (κ2) is 6.36. The van der Waals surface area contributed by atoms with Crippen LogP contribution in [-0.4, -0.2) is 25.8 Å². The van der Waals surface area contributed by atoms with Crippen molar-refractivity contribution in [2.24, 2.45) is 5.10 Å². The van der Waals surface area contributed by atoms with E-state index in [1.807, 2.05) is 4.68 Å². The summed E-state index contributed by atoms with van der Waals surface area (Å²) in [6.07, 6.45) is 6.37. The zero-order chi connectivity index (χ0) is 16.7. The van der Waals surface area contributed by atoms with E-state index in [1.165, 1.54) is 48.8 Å². The number of rotatable bonds is 2. The van der Waals surface area contributed by atoms with Crippen molar-refractivity contribution in [1.82, 2.24) is 14.9 Å². The van der Waals surface area contributed by atoms with E-state index in [-0.39, 0.29) is 0 Å². The smallest absolute Gasteiger partial charge is 0.191 e. The predicted octanol–water partition coefficient (Wildman–Crippen LogP) is 4.69. The number of nitrogens with zero attached hydrogens (tertiary/aromatic N) is 4. The molecule has 1 fully saturated rings. The summed E-state index contributed by atoms with van der Waals surface area (Å²) in [5.41, 5.74) is 4.98. The highest BCUT2D eigenvalue weighted by atomic mass is 32.2. The Balaban J connectivity index is 1.74. The van der Waals surface area contributed by atoms with Crippen LogP contribution in [0.1, 0.15) is 67.5 Å². The molecule has 126 valence electrons. The number of hydrogen-bond acceptors (Lipinski definition) is 4. The number of aryl methyl sites for hydroxylation is 2. The van der Waals surface area contributed by atoms with Gasteiger partial charge in [-0.25, -0.2) is 0 Å². The number of benzene rings is 1. The van der Waals surface area contributed by atoms with Crippen molar-refractivity contribution in [1.29, 1.82) is 0 Å². The summed E-state index contributed by atoms with van der Waals surface area (Å²) < 4.78 is 2.02. The summed E-state index contributed by atoms with van der Waals surface area (Å²) in [4.78, 5) is 0. The van der Waals surface area contributed by atoms with E-state index in [2.05, 4.69) is 49.2 Å². The molecular weight excluding hydrogens is 316 g/mol. The van der Waals surface area contributed by atoms with Crippen molar-refractivity contribution in [3.63, 3.8) is 0 Å². The van der Waals surface area contributed by atoms with Gasteiger partial charge in [-0.1, -0.05) is 43.2 Å². The third-order valence-corrected chi connectivity index (χ3v) is 6.33.